The Balaban J connectivity index is 1.16. The number of nitrogens with zero attached hydrogens (tertiary/aromatic N) is 2. The second-order valence-electron chi connectivity index (χ2n) is 9.96. The zero-order valence-electron chi connectivity index (χ0n) is 23.1. The van der Waals surface area contributed by atoms with E-state index in [0.29, 0.717) is 53.2 Å². The Morgan fingerprint density at radius 2 is 1.88 bits per heavy atom. The average molecular weight is 586 g/mol. The number of carbonyl (C=O) groups is 1. The number of aliphatic hydroxyl groups excluding tert-OH is 1. The Kier molecular flexibility index (Phi) is 8.47. The number of aromatic nitrogens is 1. The molecule has 1 fully saturated rings. The minimum absolute atomic E-state index is 0.123. The molecule has 1 atom stereocenters. The van der Waals surface area contributed by atoms with E-state index >= 15 is 0 Å². The van der Waals surface area contributed by atoms with Gasteiger partial charge in [-0.15, -0.1) is 11.3 Å². The summed E-state index contributed by atoms with van der Waals surface area (Å²) in [7, 11) is 1.58. The maximum absolute atomic E-state index is 12.4. The third-order valence-electron chi connectivity index (χ3n) is 7.03. The number of aliphatic hydroxyl groups is 1. The normalized spacial score (nSPS) is 14.5. The Morgan fingerprint density at radius 1 is 1.05 bits per heavy atom. The van der Waals surface area contributed by atoms with Gasteiger partial charge in [0.05, 0.1) is 30.7 Å². The van der Waals surface area contributed by atoms with Gasteiger partial charge in [0.25, 0.3) is 5.91 Å². The summed E-state index contributed by atoms with van der Waals surface area (Å²) < 4.78 is 23.3. The van der Waals surface area contributed by atoms with Crippen molar-refractivity contribution in [1.29, 1.82) is 0 Å². The van der Waals surface area contributed by atoms with Crippen LogP contribution in [0.3, 0.4) is 0 Å². The van der Waals surface area contributed by atoms with Crippen molar-refractivity contribution in [1.82, 2.24) is 9.88 Å². The molecule has 1 amide bonds. The molecule has 2 N–H and O–H groups in total. The van der Waals surface area contributed by atoms with Crippen molar-refractivity contribution in [2.45, 2.75) is 6.10 Å². The summed E-state index contributed by atoms with van der Waals surface area (Å²) in [5, 5.41) is 18.1. The molecular weight excluding hydrogens is 554 g/mol. The Labute approximate surface area is 247 Å². The lowest BCUT2D eigenvalue weighted by molar-refractivity contribution is 0.00446. The second kappa shape index (κ2) is 12.7. The molecule has 6 rings (SSSR count). The SMILES string of the molecule is COc1cc2c(Oc3ccc4cc(NC(=O)c5cccs5)ccc4c3)ccnc2cc1OC[C@H](O)CN1CCOCC1. The molecule has 0 bridgehead atoms. The van der Waals surface area contributed by atoms with Crippen LogP contribution in [0.1, 0.15) is 9.67 Å². The monoisotopic (exact) mass is 585 g/mol. The zero-order valence-corrected chi connectivity index (χ0v) is 23.9. The van der Waals surface area contributed by atoms with E-state index in [-0.39, 0.29) is 12.5 Å². The van der Waals surface area contributed by atoms with E-state index in [2.05, 4.69) is 15.2 Å². The molecule has 0 aliphatic carbocycles. The van der Waals surface area contributed by atoms with Crippen LogP contribution in [0.5, 0.6) is 23.0 Å². The summed E-state index contributed by atoms with van der Waals surface area (Å²) in [5.41, 5.74) is 1.41. The number of amides is 1. The van der Waals surface area contributed by atoms with Gasteiger partial charge >= 0.3 is 0 Å². The maximum atomic E-state index is 12.4. The molecule has 10 heteroatoms. The summed E-state index contributed by atoms with van der Waals surface area (Å²) in [6, 6.07) is 20.7. The fourth-order valence-electron chi connectivity index (χ4n) is 4.90. The molecule has 0 radical (unpaired) electrons. The largest absolute Gasteiger partial charge is 0.493 e. The Morgan fingerprint density at radius 3 is 2.69 bits per heavy atom. The molecule has 1 aliphatic rings. The molecule has 1 aliphatic heterocycles. The molecule has 42 heavy (non-hydrogen) atoms. The van der Waals surface area contributed by atoms with E-state index in [9.17, 15) is 9.90 Å². The van der Waals surface area contributed by atoms with Crippen LogP contribution in [0.2, 0.25) is 0 Å². The highest BCUT2D eigenvalue weighted by molar-refractivity contribution is 7.12. The van der Waals surface area contributed by atoms with E-state index in [1.807, 2.05) is 60.0 Å². The predicted molar refractivity (Wildman–Crippen MR) is 163 cm³/mol. The maximum Gasteiger partial charge on any atom is 0.265 e. The molecule has 3 aromatic carbocycles. The van der Waals surface area contributed by atoms with Crippen LogP contribution in [0.15, 0.2) is 78.3 Å². The molecular formula is C32H31N3O6S. The molecule has 0 unspecified atom stereocenters. The number of hydrogen-bond acceptors (Lipinski definition) is 9. The van der Waals surface area contributed by atoms with E-state index in [1.54, 1.807) is 25.4 Å². The van der Waals surface area contributed by atoms with Crippen molar-refractivity contribution in [3.05, 3.63) is 83.2 Å². The lowest BCUT2D eigenvalue weighted by Gasteiger charge is -2.28. The van der Waals surface area contributed by atoms with Crippen LogP contribution in [-0.4, -0.2) is 73.6 Å². The van der Waals surface area contributed by atoms with Gasteiger partial charge in [-0.05, 0) is 58.6 Å². The van der Waals surface area contributed by atoms with Crippen molar-refractivity contribution in [2.75, 3.05) is 51.9 Å². The number of nitrogens with one attached hydrogen (secondary N) is 1. The van der Waals surface area contributed by atoms with Crippen LogP contribution in [0.25, 0.3) is 21.7 Å². The van der Waals surface area contributed by atoms with Crippen LogP contribution < -0.4 is 19.5 Å². The third kappa shape index (κ3) is 6.47. The van der Waals surface area contributed by atoms with E-state index in [1.165, 1.54) is 11.3 Å². The molecule has 2 aromatic heterocycles. The summed E-state index contributed by atoms with van der Waals surface area (Å²) in [5.74, 6) is 2.19. The number of β-amino-alcohol motifs (C(OH)–C–C–N with tert-alkyl or cyclic N) is 1. The molecule has 0 spiro atoms. The number of ether oxygens (including phenoxy) is 4. The third-order valence-corrected chi connectivity index (χ3v) is 7.90. The summed E-state index contributed by atoms with van der Waals surface area (Å²) in [6.45, 7) is 3.61. The Bertz CT molecular complexity index is 1690. The topological polar surface area (TPSA) is 102 Å². The first kappa shape index (κ1) is 27.9. The van der Waals surface area contributed by atoms with Crippen molar-refractivity contribution < 1.29 is 28.8 Å². The zero-order chi connectivity index (χ0) is 28.9. The van der Waals surface area contributed by atoms with Gasteiger partial charge in [-0.3, -0.25) is 14.7 Å². The van der Waals surface area contributed by atoms with E-state index in [4.69, 9.17) is 18.9 Å². The second-order valence-corrected chi connectivity index (χ2v) is 10.9. The highest BCUT2D eigenvalue weighted by atomic mass is 32.1. The fraction of sp³-hybridized carbons (Fsp3) is 0.250. The first-order valence-electron chi connectivity index (χ1n) is 13.7. The summed E-state index contributed by atoms with van der Waals surface area (Å²) in [4.78, 5) is 19.8. The molecule has 216 valence electrons. The molecule has 5 aromatic rings. The minimum atomic E-state index is -0.646. The van der Waals surface area contributed by atoms with E-state index in [0.717, 1.165) is 34.9 Å². The lowest BCUT2D eigenvalue weighted by atomic mass is 10.1. The molecule has 1 saturated heterocycles. The predicted octanol–water partition coefficient (Wildman–Crippen LogP) is 5.57. The molecule has 0 saturated carbocycles. The minimum Gasteiger partial charge on any atom is -0.493 e. The van der Waals surface area contributed by atoms with Gasteiger partial charge in [0.1, 0.15) is 24.2 Å². The summed E-state index contributed by atoms with van der Waals surface area (Å²) in [6.07, 6.45) is 1.04. The number of methoxy groups -OCH3 is 1. The smallest absolute Gasteiger partial charge is 0.265 e. The number of carbonyl (C=O) groups excluding carboxylic acids is 1. The van der Waals surface area contributed by atoms with Crippen LogP contribution >= 0.6 is 11.3 Å². The number of thiophene rings is 1. The van der Waals surface area contributed by atoms with Crippen LogP contribution in [-0.2, 0) is 4.74 Å². The van der Waals surface area contributed by atoms with Crippen molar-refractivity contribution in [3.8, 4) is 23.0 Å². The molecule has 9 nitrogen and oxygen atoms in total. The Hall–Kier alpha value is -4.22. The van der Waals surface area contributed by atoms with Gasteiger partial charge < -0.3 is 29.4 Å². The fourth-order valence-corrected chi connectivity index (χ4v) is 5.52. The highest BCUT2D eigenvalue weighted by Crippen LogP contribution is 2.37. The standard InChI is InChI=1S/C32H31N3O6S/c1-38-29-17-26-27(18-30(29)40-20-24(36)19-35-10-12-39-13-11-35)33-9-8-28(26)41-25-7-5-21-15-23(6-4-22(21)16-25)34-32(37)31-3-2-14-42-31/h2-9,14-18,24,36H,10-13,19-20H2,1H3,(H,34,37)/t24-/m1/s1. The number of hydrogen-bond donors (Lipinski definition) is 2. The number of pyridine rings is 1. The average Bonchev–Trinajstić information content (AvgIpc) is 3.56. The number of fused-ring (bicyclic) bond motifs is 2. The highest BCUT2D eigenvalue weighted by Gasteiger charge is 2.18. The first-order valence-corrected chi connectivity index (χ1v) is 14.6. The summed E-state index contributed by atoms with van der Waals surface area (Å²) >= 11 is 1.41. The first-order chi connectivity index (χ1) is 20.6. The van der Waals surface area contributed by atoms with Gasteiger partial charge in [0, 0.05) is 43.0 Å². The van der Waals surface area contributed by atoms with E-state index < -0.39 is 6.10 Å². The van der Waals surface area contributed by atoms with Crippen LogP contribution in [0.4, 0.5) is 5.69 Å². The van der Waals surface area contributed by atoms with Gasteiger partial charge in [0.2, 0.25) is 0 Å². The van der Waals surface area contributed by atoms with Gasteiger partial charge in [0.15, 0.2) is 11.5 Å². The number of anilines is 1. The number of rotatable bonds is 10. The van der Waals surface area contributed by atoms with Gasteiger partial charge in [-0.25, -0.2) is 0 Å². The van der Waals surface area contributed by atoms with Crippen molar-refractivity contribution in [3.63, 3.8) is 0 Å². The quantitative estimate of drug-likeness (QED) is 0.219. The lowest BCUT2D eigenvalue weighted by Crippen LogP contribution is -2.42. The number of morpholine rings is 1. The van der Waals surface area contributed by atoms with Gasteiger partial charge in [-0.1, -0.05) is 18.2 Å². The number of benzene rings is 3. The van der Waals surface area contributed by atoms with Gasteiger partial charge in [-0.2, -0.15) is 0 Å². The molecule has 3 heterocycles. The van der Waals surface area contributed by atoms with Crippen LogP contribution in [0, 0.1) is 0 Å². The van der Waals surface area contributed by atoms with Crippen molar-refractivity contribution >= 4 is 44.6 Å². The van der Waals surface area contributed by atoms with Crippen molar-refractivity contribution in [2.24, 2.45) is 0 Å².